The van der Waals surface area contributed by atoms with Crippen LogP contribution in [0.1, 0.15) is 48.1 Å². The molecule has 1 amide bonds. The van der Waals surface area contributed by atoms with Crippen molar-refractivity contribution < 1.29 is 9.59 Å². The molecule has 0 aliphatic rings. The Hall–Kier alpha value is -4.00. The Labute approximate surface area is 191 Å². The highest BCUT2D eigenvalue weighted by atomic mass is 16.2. The zero-order valence-corrected chi connectivity index (χ0v) is 19.1. The number of carbonyl (C=O) groups excluding carboxylic acids is 2. The number of nitrogens with one attached hydrogen (secondary N) is 1. The van der Waals surface area contributed by atoms with Gasteiger partial charge in [0.1, 0.15) is 6.04 Å². The van der Waals surface area contributed by atoms with E-state index in [-0.39, 0.29) is 17.2 Å². The molecule has 2 heterocycles. The van der Waals surface area contributed by atoms with Crippen LogP contribution in [-0.4, -0.2) is 26.0 Å². The highest BCUT2D eigenvalue weighted by Crippen LogP contribution is 2.28. The van der Waals surface area contributed by atoms with E-state index < -0.39 is 6.04 Å². The molecule has 168 valence electrons. The second-order valence-electron chi connectivity index (χ2n) is 8.07. The first-order valence-corrected chi connectivity index (χ1v) is 10.9. The third-order valence-electron chi connectivity index (χ3n) is 6.01. The molecule has 0 spiro atoms. The molecule has 7 nitrogen and oxygen atoms in total. The van der Waals surface area contributed by atoms with Crippen LogP contribution in [0.3, 0.4) is 0 Å². The highest BCUT2D eigenvalue weighted by Gasteiger charge is 2.26. The minimum atomic E-state index is -0.505. The summed E-state index contributed by atoms with van der Waals surface area (Å²) in [5.74, 6) is -0.213. The number of para-hydroxylation sites is 1. The number of carbonyl (C=O) groups is 2. The Morgan fingerprint density at radius 3 is 2.27 bits per heavy atom. The van der Waals surface area contributed by atoms with Crippen molar-refractivity contribution in [2.75, 3.05) is 5.32 Å². The van der Waals surface area contributed by atoms with Crippen LogP contribution in [0, 0.1) is 13.8 Å². The monoisotopic (exact) mass is 442 g/mol. The Balaban J connectivity index is 1.74. The van der Waals surface area contributed by atoms with E-state index in [0.29, 0.717) is 28.7 Å². The van der Waals surface area contributed by atoms with Crippen molar-refractivity contribution >= 4 is 28.2 Å². The fraction of sp³-hybridized carbons (Fsp3) is 0.231. The number of hydrogen-bond acceptors (Lipinski definition) is 4. The van der Waals surface area contributed by atoms with Gasteiger partial charge in [-0.1, -0.05) is 25.1 Å². The van der Waals surface area contributed by atoms with Crippen LogP contribution < -0.4 is 10.9 Å². The minimum absolute atomic E-state index is 0.0284. The first-order valence-electron chi connectivity index (χ1n) is 10.9. The van der Waals surface area contributed by atoms with E-state index in [0.717, 1.165) is 16.8 Å². The third kappa shape index (κ3) is 3.98. The maximum absolute atomic E-state index is 13.3. The Morgan fingerprint density at radius 2 is 1.67 bits per heavy atom. The van der Waals surface area contributed by atoms with Crippen LogP contribution >= 0.6 is 0 Å². The van der Waals surface area contributed by atoms with E-state index in [2.05, 4.69) is 10.4 Å². The molecular weight excluding hydrogens is 416 g/mol. The van der Waals surface area contributed by atoms with Crippen LogP contribution in [0.5, 0.6) is 0 Å². The second-order valence-corrected chi connectivity index (χ2v) is 8.07. The predicted molar refractivity (Wildman–Crippen MR) is 129 cm³/mol. The molecule has 0 radical (unpaired) electrons. The average Bonchev–Trinajstić information content (AvgIpc) is 3.06. The maximum atomic E-state index is 13.3. The molecule has 4 aromatic rings. The molecule has 0 aliphatic heterocycles. The van der Waals surface area contributed by atoms with Gasteiger partial charge in [0.15, 0.2) is 5.78 Å². The van der Waals surface area contributed by atoms with Gasteiger partial charge < -0.3 is 9.88 Å². The molecular formula is C26H26N4O3. The van der Waals surface area contributed by atoms with Gasteiger partial charge in [-0.2, -0.15) is 9.78 Å². The molecule has 4 rings (SSSR count). The van der Waals surface area contributed by atoms with Crippen LogP contribution in [0.25, 0.3) is 16.5 Å². The summed E-state index contributed by atoms with van der Waals surface area (Å²) in [6, 6.07) is 15.6. The van der Waals surface area contributed by atoms with Gasteiger partial charge in [-0.15, -0.1) is 0 Å². The molecule has 1 atom stereocenters. The normalized spacial score (nSPS) is 12.0. The van der Waals surface area contributed by atoms with E-state index in [1.165, 1.54) is 11.6 Å². The number of aromatic nitrogens is 3. The molecule has 1 N–H and O–H groups in total. The topological polar surface area (TPSA) is 86.0 Å². The summed E-state index contributed by atoms with van der Waals surface area (Å²) < 4.78 is 3.30. The summed E-state index contributed by atoms with van der Waals surface area (Å²) >= 11 is 0. The fourth-order valence-corrected chi connectivity index (χ4v) is 4.30. The molecule has 0 saturated carbocycles. The third-order valence-corrected chi connectivity index (χ3v) is 6.01. The maximum Gasteiger partial charge on any atom is 0.281 e. The van der Waals surface area contributed by atoms with E-state index in [4.69, 9.17) is 0 Å². The smallest absolute Gasteiger partial charge is 0.281 e. The lowest BCUT2D eigenvalue weighted by Crippen LogP contribution is -2.27. The van der Waals surface area contributed by atoms with Crippen molar-refractivity contribution in [3.63, 3.8) is 0 Å². The van der Waals surface area contributed by atoms with Gasteiger partial charge >= 0.3 is 0 Å². The van der Waals surface area contributed by atoms with Crippen LogP contribution in [0.2, 0.25) is 0 Å². The average molecular weight is 443 g/mol. The van der Waals surface area contributed by atoms with E-state index >= 15 is 0 Å². The Kier molecular flexibility index (Phi) is 5.96. The van der Waals surface area contributed by atoms with Gasteiger partial charge in [0.05, 0.1) is 17.3 Å². The van der Waals surface area contributed by atoms with E-state index in [1.807, 2.05) is 55.7 Å². The molecule has 0 aliphatic carbocycles. The molecule has 7 heteroatoms. The number of fused-ring (bicyclic) bond motifs is 1. The number of rotatable bonds is 6. The van der Waals surface area contributed by atoms with Gasteiger partial charge in [0.25, 0.3) is 5.56 Å². The molecule has 0 bridgehead atoms. The summed E-state index contributed by atoms with van der Waals surface area (Å²) in [7, 11) is 0. The predicted octanol–water partition coefficient (Wildman–Crippen LogP) is 4.60. The standard InChI is InChI=1S/C26H26N4O3/c1-5-23(25(32)28-20-13-11-19(12-14-20)18(4)31)29-16(2)22-15-27-30(21-9-7-6-8-10-21)26(33)24(22)17(29)3/h6-15,23H,5H2,1-4H3,(H,28,32). The lowest BCUT2D eigenvalue weighted by atomic mass is 10.1. The number of anilines is 1. The zero-order valence-electron chi connectivity index (χ0n) is 19.1. The number of hydrogen-bond donors (Lipinski definition) is 1. The number of Topliss-reactive ketones (excluding diaryl/α,β-unsaturated/α-hetero) is 1. The van der Waals surface area contributed by atoms with Crippen molar-refractivity contribution in [2.24, 2.45) is 0 Å². The second kappa shape index (κ2) is 8.86. The van der Waals surface area contributed by atoms with Crippen molar-refractivity contribution in [3.05, 3.63) is 88.1 Å². The first-order chi connectivity index (χ1) is 15.8. The van der Waals surface area contributed by atoms with Gasteiger partial charge in [0, 0.05) is 28.0 Å². The SMILES string of the molecule is CCC(C(=O)Nc1ccc(C(C)=O)cc1)n1c(C)c2cnn(-c3ccccc3)c(=O)c2c1C. The lowest BCUT2D eigenvalue weighted by molar-refractivity contribution is -0.119. The number of ketones is 1. The summed E-state index contributed by atoms with van der Waals surface area (Å²) in [6.45, 7) is 7.21. The van der Waals surface area contributed by atoms with Gasteiger partial charge in [-0.25, -0.2) is 0 Å². The first kappa shape index (κ1) is 22.2. The van der Waals surface area contributed by atoms with Crippen molar-refractivity contribution in [1.29, 1.82) is 0 Å². The van der Waals surface area contributed by atoms with Gasteiger partial charge in [-0.05, 0) is 63.6 Å². The minimum Gasteiger partial charge on any atom is -0.335 e. The van der Waals surface area contributed by atoms with E-state index in [9.17, 15) is 14.4 Å². The van der Waals surface area contributed by atoms with Crippen molar-refractivity contribution in [2.45, 2.75) is 40.2 Å². The molecule has 1 unspecified atom stereocenters. The quantitative estimate of drug-likeness (QED) is 0.442. The largest absolute Gasteiger partial charge is 0.335 e. The highest BCUT2D eigenvalue weighted by molar-refractivity contribution is 5.97. The zero-order chi connectivity index (χ0) is 23.7. The summed E-state index contributed by atoms with van der Waals surface area (Å²) in [5.41, 5.74) is 3.23. The Morgan fingerprint density at radius 1 is 1.00 bits per heavy atom. The summed E-state index contributed by atoms with van der Waals surface area (Å²) in [5, 5.41) is 8.61. The summed E-state index contributed by atoms with van der Waals surface area (Å²) in [4.78, 5) is 38.1. The van der Waals surface area contributed by atoms with E-state index in [1.54, 1.807) is 30.5 Å². The summed E-state index contributed by atoms with van der Waals surface area (Å²) in [6.07, 6.45) is 2.23. The van der Waals surface area contributed by atoms with Crippen LogP contribution in [-0.2, 0) is 4.79 Å². The van der Waals surface area contributed by atoms with Crippen molar-refractivity contribution in [3.8, 4) is 5.69 Å². The van der Waals surface area contributed by atoms with Crippen LogP contribution in [0.4, 0.5) is 5.69 Å². The molecule has 2 aromatic carbocycles. The molecule has 2 aromatic heterocycles. The van der Waals surface area contributed by atoms with Crippen molar-refractivity contribution in [1.82, 2.24) is 14.3 Å². The number of amides is 1. The van der Waals surface area contributed by atoms with Gasteiger partial charge in [-0.3, -0.25) is 14.4 Å². The van der Waals surface area contributed by atoms with Crippen LogP contribution in [0.15, 0.2) is 65.6 Å². The molecule has 0 fully saturated rings. The Bertz CT molecular complexity index is 1400. The van der Waals surface area contributed by atoms with Gasteiger partial charge in [0.2, 0.25) is 5.91 Å². The number of nitrogens with zero attached hydrogens (tertiary/aromatic N) is 3. The lowest BCUT2D eigenvalue weighted by Gasteiger charge is -2.21. The molecule has 0 saturated heterocycles. The molecule has 33 heavy (non-hydrogen) atoms. The fourth-order valence-electron chi connectivity index (χ4n) is 4.30. The number of benzene rings is 2. The number of aryl methyl sites for hydroxylation is 2.